The number of aromatic nitrogens is 4. The van der Waals surface area contributed by atoms with Crippen LogP contribution in [0.5, 0.6) is 0 Å². The van der Waals surface area contributed by atoms with Crippen LogP contribution in [0.3, 0.4) is 0 Å². The maximum Gasteiger partial charge on any atom is 0.0731 e. The van der Waals surface area contributed by atoms with E-state index in [9.17, 15) is 0 Å². The van der Waals surface area contributed by atoms with Gasteiger partial charge in [0.05, 0.1) is 33.5 Å². The second-order valence-electron chi connectivity index (χ2n) is 13.6. The number of nitrogens with zero attached hydrogens (tertiary/aromatic N) is 4. The van der Waals surface area contributed by atoms with Crippen LogP contribution in [0, 0.1) is 13.8 Å². The van der Waals surface area contributed by atoms with Crippen molar-refractivity contribution in [1.29, 1.82) is 0 Å². The zero-order valence-electron chi connectivity index (χ0n) is 29.0. The van der Waals surface area contributed by atoms with Gasteiger partial charge in [-0.1, -0.05) is 97.1 Å². The van der Waals surface area contributed by atoms with Crippen LogP contribution in [-0.2, 0) is 0 Å². The van der Waals surface area contributed by atoms with Crippen molar-refractivity contribution >= 4 is 43.6 Å². The molecule has 0 aliphatic carbocycles. The summed E-state index contributed by atoms with van der Waals surface area (Å²) in [7, 11) is 0. The molecule has 0 spiro atoms. The monoisotopic (exact) mass is 666 g/mol. The van der Waals surface area contributed by atoms with Crippen LogP contribution in [0.2, 0.25) is 0 Å². The summed E-state index contributed by atoms with van der Waals surface area (Å²) in [5, 5.41) is 4.96. The highest BCUT2D eigenvalue weighted by molar-refractivity contribution is 6.11. The highest BCUT2D eigenvalue weighted by Gasteiger charge is 2.16. The zero-order valence-corrected chi connectivity index (χ0v) is 29.0. The van der Waals surface area contributed by atoms with E-state index >= 15 is 0 Å². The van der Waals surface area contributed by atoms with E-state index in [2.05, 4.69) is 169 Å². The molecule has 0 unspecified atom stereocenters. The third kappa shape index (κ3) is 4.76. The molecule has 0 N–H and O–H groups in total. The van der Waals surface area contributed by atoms with Crippen molar-refractivity contribution in [3.63, 3.8) is 0 Å². The molecule has 0 aliphatic rings. The molecule has 4 heterocycles. The first-order chi connectivity index (χ1) is 25.6. The average Bonchev–Trinajstić information content (AvgIpc) is 3.70. The molecule has 10 aromatic rings. The number of pyridine rings is 2. The van der Waals surface area contributed by atoms with Crippen molar-refractivity contribution in [3.8, 4) is 45.0 Å². The molecule has 4 heteroatoms. The second-order valence-corrected chi connectivity index (χ2v) is 13.6. The number of hydrogen-bond acceptors (Lipinski definition) is 2. The van der Waals surface area contributed by atoms with Crippen molar-refractivity contribution in [2.75, 3.05) is 0 Å². The second kappa shape index (κ2) is 11.9. The summed E-state index contributed by atoms with van der Waals surface area (Å²) in [5.41, 5.74) is 16.0. The first-order valence-corrected chi connectivity index (χ1v) is 17.7. The van der Waals surface area contributed by atoms with Crippen LogP contribution < -0.4 is 0 Å². The van der Waals surface area contributed by atoms with E-state index < -0.39 is 0 Å². The van der Waals surface area contributed by atoms with Gasteiger partial charge in [-0.3, -0.25) is 9.97 Å². The first kappa shape index (κ1) is 30.1. The Morgan fingerprint density at radius 2 is 0.731 bits per heavy atom. The minimum Gasteiger partial charge on any atom is -0.309 e. The molecule has 0 radical (unpaired) electrons. The van der Waals surface area contributed by atoms with Crippen molar-refractivity contribution in [2.45, 2.75) is 13.8 Å². The van der Waals surface area contributed by atoms with Gasteiger partial charge in [-0.05, 0) is 96.8 Å². The van der Waals surface area contributed by atoms with Gasteiger partial charge in [-0.25, -0.2) is 0 Å². The van der Waals surface area contributed by atoms with E-state index in [0.717, 1.165) is 33.9 Å². The third-order valence-corrected chi connectivity index (χ3v) is 10.5. The predicted octanol–water partition coefficient (Wildman–Crippen LogP) is 12.3. The highest BCUT2D eigenvalue weighted by atomic mass is 15.0. The molecule has 0 saturated carbocycles. The molecule has 0 bridgehead atoms. The van der Waals surface area contributed by atoms with Crippen LogP contribution in [0.4, 0.5) is 0 Å². The molecule has 4 aromatic heterocycles. The SMILES string of the molecule is Cc1cccnc1-c1ccc2c3ccccc3n(-c3ccc(-c4ccc(-n5c6ccccc6c6ccc(-c7ncccc7C)cc65)cc4)cc3)c2c1. The summed E-state index contributed by atoms with van der Waals surface area (Å²) < 4.78 is 4.75. The van der Waals surface area contributed by atoms with Gasteiger partial charge in [0.2, 0.25) is 0 Å². The molecular formula is C48H34N4. The van der Waals surface area contributed by atoms with Crippen molar-refractivity contribution in [3.05, 3.63) is 181 Å². The van der Waals surface area contributed by atoms with Gasteiger partial charge < -0.3 is 9.13 Å². The van der Waals surface area contributed by atoms with Crippen LogP contribution in [-0.4, -0.2) is 19.1 Å². The fraction of sp³-hybridized carbons (Fsp3) is 0.0417. The molecule has 0 fully saturated rings. The lowest BCUT2D eigenvalue weighted by Crippen LogP contribution is -1.95. The Bertz CT molecular complexity index is 2760. The van der Waals surface area contributed by atoms with Crippen LogP contribution >= 0.6 is 0 Å². The summed E-state index contributed by atoms with van der Waals surface area (Å²) in [6, 6.07) is 56.9. The Balaban J connectivity index is 1.04. The Morgan fingerprint density at radius 3 is 1.15 bits per heavy atom. The molecule has 0 aliphatic heterocycles. The molecule has 10 rings (SSSR count). The standard InChI is InChI=1S/C48H34N4/c1-31-9-7-27-49-47(31)35-19-25-41-39-11-3-5-13-43(39)51(45(41)29-35)37-21-15-33(16-22-37)34-17-23-38(24-18-34)52-44-14-6-4-12-40(44)42-26-20-36(30-46(42)52)48-32(2)10-8-28-50-48/h3-30H,1-2H3. The lowest BCUT2D eigenvalue weighted by Gasteiger charge is -2.12. The Morgan fingerprint density at radius 1 is 0.346 bits per heavy atom. The quantitative estimate of drug-likeness (QED) is 0.183. The van der Waals surface area contributed by atoms with E-state index in [-0.39, 0.29) is 0 Å². The van der Waals surface area contributed by atoms with Crippen molar-refractivity contribution in [2.24, 2.45) is 0 Å². The lowest BCUT2D eigenvalue weighted by atomic mass is 10.0. The summed E-state index contributed by atoms with van der Waals surface area (Å²) in [6.45, 7) is 4.24. The summed E-state index contributed by atoms with van der Waals surface area (Å²) >= 11 is 0. The fourth-order valence-electron chi connectivity index (χ4n) is 7.97. The van der Waals surface area contributed by atoms with Crippen LogP contribution in [0.15, 0.2) is 170 Å². The summed E-state index contributed by atoms with van der Waals surface area (Å²) in [5.74, 6) is 0. The summed E-state index contributed by atoms with van der Waals surface area (Å²) in [6.07, 6.45) is 3.74. The molecule has 246 valence electrons. The third-order valence-electron chi connectivity index (χ3n) is 10.5. The predicted molar refractivity (Wildman–Crippen MR) is 216 cm³/mol. The largest absolute Gasteiger partial charge is 0.309 e. The number of benzene rings is 6. The molecule has 52 heavy (non-hydrogen) atoms. The molecule has 6 aromatic carbocycles. The number of aryl methyl sites for hydroxylation is 2. The van der Waals surface area contributed by atoms with Gasteiger partial charge in [-0.2, -0.15) is 0 Å². The van der Waals surface area contributed by atoms with Gasteiger partial charge in [-0.15, -0.1) is 0 Å². The topological polar surface area (TPSA) is 35.6 Å². The van der Waals surface area contributed by atoms with Gasteiger partial charge in [0.1, 0.15) is 0 Å². The summed E-state index contributed by atoms with van der Waals surface area (Å²) in [4.78, 5) is 9.43. The smallest absolute Gasteiger partial charge is 0.0731 e. The van der Waals surface area contributed by atoms with Crippen molar-refractivity contribution in [1.82, 2.24) is 19.1 Å². The number of hydrogen-bond donors (Lipinski definition) is 0. The number of para-hydroxylation sites is 2. The lowest BCUT2D eigenvalue weighted by molar-refractivity contribution is 1.18. The van der Waals surface area contributed by atoms with Crippen LogP contribution in [0.1, 0.15) is 11.1 Å². The maximum absolute atomic E-state index is 4.72. The fourth-order valence-corrected chi connectivity index (χ4v) is 7.97. The van der Waals surface area contributed by atoms with Gasteiger partial charge >= 0.3 is 0 Å². The first-order valence-electron chi connectivity index (χ1n) is 17.7. The minimum absolute atomic E-state index is 1.02. The Labute approximate surface area is 301 Å². The minimum atomic E-state index is 1.02. The molecule has 0 amide bonds. The van der Waals surface area contributed by atoms with E-state index in [1.807, 2.05) is 24.5 Å². The molecule has 0 saturated heterocycles. The number of fused-ring (bicyclic) bond motifs is 6. The molecular weight excluding hydrogens is 633 g/mol. The maximum atomic E-state index is 4.72. The van der Waals surface area contributed by atoms with E-state index in [0.29, 0.717) is 0 Å². The van der Waals surface area contributed by atoms with E-state index in [1.54, 1.807) is 0 Å². The molecule has 0 atom stereocenters. The average molecular weight is 667 g/mol. The zero-order chi connectivity index (χ0) is 34.8. The van der Waals surface area contributed by atoms with Gasteiger partial charge in [0, 0.05) is 56.4 Å². The van der Waals surface area contributed by atoms with Crippen LogP contribution in [0.25, 0.3) is 88.6 Å². The number of rotatable bonds is 5. The van der Waals surface area contributed by atoms with E-state index in [1.165, 1.54) is 65.9 Å². The van der Waals surface area contributed by atoms with Crippen molar-refractivity contribution < 1.29 is 0 Å². The molecule has 4 nitrogen and oxygen atoms in total. The van der Waals surface area contributed by atoms with E-state index in [4.69, 9.17) is 9.97 Å². The van der Waals surface area contributed by atoms with Gasteiger partial charge in [0.25, 0.3) is 0 Å². The Hall–Kier alpha value is -6.78. The highest BCUT2D eigenvalue weighted by Crippen LogP contribution is 2.37. The normalized spacial score (nSPS) is 11.7. The van der Waals surface area contributed by atoms with Gasteiger partial charge in [0.15, 0.2) is 0 Å². The Kier molecular flexibility index (Phi) is 6.90.